The minimum atomic E-state index is -3.75. The minimum Gasteiger partial charge on any atom is -0.310 e. The summed E-state index contributed by atoms with van der Waals surface area (Å²) in [6.45, 7) is 4.65. The lowest BCUT2D eigenvalue weighted by Gasteiger charge is -2.07. The standard InChI is InChI=1S/C14H17FN2O2S2/c1-10(2)16-9-11-7-8-14(20-11)21(18,19)17-13-6-4-3-5-12(13)15/h3-8,10,16-17H,9H2,1-2H3. The van der Waals surface area contributed by atoms with Crippen LogP contribution in [0.5, 0.6) is 0 Å². The summed E-state index contributed by atoms with van der Waals surface area (Å²) in [5.41, 5.74) is -0.0484. The van der Waals surface area contributed by atoms with E-state index >= 15 is 0 Å². The average Bonchev–Trinajstić information content (AvgIpc) is 2.88. The number of sulfonamides is 1. The summed E-state index contributed by atoms with van der Waals surface area (Å²) in [7, 11) is -3.75. The lowest BCUT2D eigenvalue weighted by molar-refractivity contribution is 0.593. The number of rotatable bonds is 6. The van der Waals surface area contributed by atoms with Gasteiger partial charge in [0.05, 0.1) is 5.69 Å². The number of hydrogen-bond acceptors (Lipinski definition) is 4. The first-order chi connectivity index (χ1) is 9.88. The molecular formula is C14H17FN2O2S2. The van der Waals surface area contributed by atoms with Crippen molar-refractivity contribution in [1.29, 1.82) is 0 Å². The van der Waals surface area contributed by atoms with Crippen molar-refractivity contribution < 1.29 is 12.8 Å². The van der Waals surface area contributed by atoms with E-state index in [9.17, 15) is 12.8 Å². The molecule has 7 heteroatoms. The number of hydrogen-bond donors (Lipinski definition) is 2. The summed E-state index contributed by atoms with van der Waals surface area (Å²) < 4.78 is 40.4. The Balaban J connectivity index is 2.15. The first-order valence-corrected chi connectivity index (χ1v) is 8.78. The van der Waals surface area contributed by atoms with Gasteiger partial charge in [0.1, 0.15) is 10.0 Å². The van der Waals surface area contributed by atoms with Gasteiger partial charge in [0.15, 0.2) is 0 Å². The summed E-state index contributed by atoms with van der Waals surface area (Å²) >= 11 is 1.17. The van der Waals surface area contributed by atoms with E-state index in [2.05, 4.69) is 10.0 Å². The van der Waals surface area contributed by atoms with Gasteiger partial charge in [0.25, 0.3) is 10.0 Å². The monoisotopic (exact) mass is 328 g/mol. The van der Waals surface area contributed by atoms with Crippen molar-refractivity contribution in [3.05, 3.63) is 47.1 Å². The lowest BCUT2D eigenvalue weighted by atomic mass is 10.3. The molecule has 4 nitrogen and oxygen atoms in total. The van der Waals surface area contributed by atoms with Crippen LogP contribution in [0.25, 0.3) is 0 Å². The Morgan fingerprint density at radius 1 is 1.19 bits per heavy atom. The van der Waals surface area contributed by atoms with E-state index in [4.69, 9.17) is 0 Å². The maximum Gasteiger partial charge on any atom is 0.271 e. The quantitative estimate of drug-likeness (QED) is 0.856. The maximum atomic E-state index is 13.5. The van der Waals surface area contributed by atoms with E-state index in [1.165, 1.54) is 35.6 Å². The molecule has 114 valence electrons. The van der Waals surface area contributed by atoms with Crippen LogP contribution < -0.4 is 10.0 Å². The molecule has 0 unspecified atom stereocenters. The summed E-state index contributed by atoms with van der Waals surface area (Å²) in [5, 5.41) is 3.22. The third kappa shape index (κ3) is 4.26. The van der Waals surface area contributed by atoms with Gasteiger partial charge in [-0.25, -0.2) is 12.8 Å². The average molecular weight is 328 g/mol. The highest BCUT2D eigenvalue weighted by molar-refractivity contribution is 7.94. The fourth-order valence-corrected chi connectivity index (χ4v) is 4.02. The molecule has 0 bridgehead atoms. The Morgan fingerprint density at radius 3 is 2.57 bits per heavy atom. The zero-order valence-electron chi connectivity index (χ0n) is 11.8. The number of anilines is 1. The van der Waals surface area contributed by atoms with E-state index in [1.807, 2.05) is 13.8 Å². The van der Waals surface area contributed by atoms with Gasteiger partial charge < -0.3 is 5.32 Å². The van der Waals surface area contributed by atoms with Gasteiger partial charge in [-0.15, -0.1) is 11.3 Å². The van der Waals surface area contributed by atoms with Crippen molar-refractivity contribution in [2.24, 2.45) is 0 Å². The highest BCUT2D eigenvalue weighted by Gasteiger charge is 2.18. The molecule has 1 heterocycles. The molecule has 1 aromatic heterocycles. The molecular weight excluding hydrogens is 311 g/mol. The normalized spacial score (nSPS) is 11.8. The number of halogens is 1. The van der Waals surface area contributed by atoms with Crippen LogP contribution >= 0.6 is 11.3 Å². The topological polar surface area (TPSA) is 58.2 Å². The molecule has 0 aliphatic carbocycles. The van der Waals surface area contributed by atoms with Gasteiger partial charge in [0.2, 0.25) is 0 Å². The van der Waals surface area contributed by atoms with Crippen molar-refractivity contribution in [2.75, 3.05) is 4.72 Å². The van der Waals surface area contributed by atoms with Gasteiger partial charge in [-0.2, -0.15) is 0 Å². The van der Waals surface area contributed by atoms with E-state index in [1.54, 1.807) is 12.1 Å². The van der Waals surface area contributed by atoms with Crippen LogP contribution in [0.4, 0.5) is 10.1 Å². The van der Waals surface area contributed by atoms with E-state index in [-0.39, 0.29) is 9.90 Å². The second kappa shape index (κ2) is 6.55. The summed E-state index contributed by atoms with van der Waals surface area (Å²) in [6, 6.07) is 9.30. The third-order valence-corrected chi connectivity index (χ3v) is 5.65. The van der Waals surface area contributed by atoms with Crippen molar-refractivity contribution in [1.82, 2.24) is 5.32 Å². The van der Waals surface area contributed by atoms with Crippen molar-refractivity contribution in [3.8, 4) is 0 Å². The van der Waals surface area contributed by atoms with E-state index in [0.717, 1.165) is 4.88 Å². The molecule has 0 saturated heterocycles. The Kier molecular flexibility index (Phi) is 4.97. The molecule has 0 saturated carbocycles. The third-order valence-electron chi connectivity index (χ3n) is 2.70. The number of benzene rings is 1. The van der Waals surface area contributed by atoms with Gasteiger partial charge in [0, 0.05) is 17.5 Å². The first-order valence-electron chi connectivity index (χ1n) is 6.48. The molecule has 2 rings (SSSR count). The fraction of sp³-hybridized carbons (Fsp3) is 0.286. The molecule has 2 aromatic rings. The highest BCUT2D eigenvalue weighted by Crippen LogP contribution is 2.25. The second-order valence-corrected chi connectivity index (χ2v) is 7.92. The zero-order chi connectivity index (χ0) is 15.5. The van der Waals surface area contributed by atoms with Crippen molar-refractivity contribution in [2.45, 2.75) is 30.6 Å². The number of para-hydroxylation sites is 1. The Labute approximate surface area is 128 Å². The molecule has 2 N–H and O–H groups in total. The van der Waals surface area contributed by atoms with Crippen LogP contribution in [0.1, 0.15) is 18.7 Å². The molecule has 0 aliphatic heterocycles. The molecule has 21 heavy (non-hydrogen) atoms. The number of nitrogens with one attached hydrogen (secondary N) is 2. The summed E-state index contributed by atoms with van der Waals surface area (Å²) in [5.74, 6) is -0.598. The molecule has 1 aromatic carbocycles. The SMILES string of the molecule is CC(C)NCc1ccc(S(=O)(=O)Nc2ccccc2F)s1. The smallest absolute Gasteiger partial charge is 0.271 e. The van der Waals surface area contributed by atoms with Gasteiger partial charge >= 0.3 is 0 Å². The van der Waals surface area contributed by atoms with Gasteiger partial charge in [-0.3, -0.25) is 4.72 Å². The zero-order valence-corrected chi connectivity index (χ0v) is 13.4. The van der Waals surface area contributed by atoms with Crippen LogP contribution in [0.3, 0.4) is 0 Å². The fourth-order valence-electron chi connectivity index (χ4n) is 1.64. The second-order valence-electron chi connectivity index (χ2n) is 4.84. The molecule has 0 amide bonds. The van der Waals surface area contributed by atoms with Gasteiger partial charge in [-0.1, -0.05) is 26.0 Å². The van der Waals surface area contributed by atoms with Crippen LogP contribution in [-0.2, 0) is 16.6 Å². The molecule has 0 atom stereocenters. The van der Waals surface area contributed by atoms with Crippen LogP contribution in [0.2, 0.25) is 0 Å². The van der Waals surface area contributed by atoms with E-state index in [0.29, 0.717) is 12.6 Å². The molecule has 0 radical (unpaired) electrons. The van der Waals surface area contributed by atoms with Crippen LogP contribution in [0, 0.1) is 5.82 Å². The predicted molar refractivity (Wildman–Crippen MR) is 83.5 cm³/mol. The van der Waals surface area contributed by atoms with E-state index < -0.39 is 15.8 Å². The molecule has 0 fully saturated rings. The molecule has 0 spiro atoms. The minimum absolute atomic E-state index is 0.0484. The lowest BCUT2D eigenvalue weighted by Crippen LogP contribution is -2.21. The highest BCUT2D eigenvalue weighted by atomic mass is 32.2. The largest absolute Gasteiger partial charge is 0.310 e. The molecule has 0 aliphatic rings. The Morgan fingerprint density at radius 2 is 1.90 bits per heavy atom. The summed E-state index contributed by atoms with van der Waals surface area (Å²) in [6.07, 6.45) is 0. The van der Waals surface area contributed by atoms with Gasteiger partial charge in [-0.05, 0) is 24.3 Å². The Bertz CT molecular complexity index is 711. The van der Waals surface area contributed by atoms with Crippen molar-refractivity contribution in [3.63, 3.8) is 0 Å². The van der Waals surface area contributed by atoms with Crippen LogP contribution in [0.15, 0.2) is 40.6 Å². The van der Waals surface area contributed by atoms with Crippen LogP contribution in [-0.4, -0.2) is 14.5 Å². The van der Waals surface area contributed by atoms with Crippen molar-refractivity contribution >= 4 is 27.0 Å². The Hall–Kier alpha value is -1.44. The first kappa shape index (κ1) is 15.9. The maximum absolute atomic E-state index is 13.5. The summed E-state index contributed by atoms with van der Waals surface area (Å²) in [4.78, 5) is 0.914. The number of thiophene rings is 1. The predicted octanol–water partition coefficient (Wildman–Crippen LogP) is 3.19.